The maximum absolute atomic E-state index is 14.1. The summed E-state index contributed by atoms with van der Waals surface area (Å²) >= 11 is 8.48. The third-order valence-corrected chi connectivity index (χ3v) is 8.95. The summed E-state index contributed by atoms with van der Waals surface area (Å²) in [5, 5.41) is 0. The van der Waals surface area contributed by atoms with Crippen molar-refractivity contribution in [1.29, 1.82) is 0 Å². The monoisotopic (exact) mass is 726 g/mol. The minimum absolute atomic E-state index is 0.177. The summed E-state index contributed by atoms with van der Waals surface area (Å²) in [5.41, 5.74) is 2.82. The number of esters is 1. The smallest absolute Gasteiger partial charge is 0.338 e. The van der Waals surface area contributed by atoms with E-state index in [1.54, 1.807) is 52.3 Å². The highest BCUT2D eigenvalue weighted by atomic mass is 79.9. The molecule has 0 bridgehead atoms. The molecule has 43 heavy (non-hydrogen) atoms. The maximum Gasteiger partial charge on any atom is 0.338 e. The molecule has 0 amide bonds. The quantitative estimate of drug-likeness (QED) is 0.199. The van der Waals surface area contributed by atoms with Crippen molar-refractivity contribution < 1.29 is 23.7 Å². The number of methoxy groups -OCH3 is 2. The van der Waals surface area contributed by atoms with Gasteiger partial charge in [0.1, 0.15) is 29.9 Å². The number of rotatable bonds is 9. The molecule has 2 heterocycles. The van der Waals surface area contributed by atoms with Crippen molar-refractivity contribution in [3.8, 4) is 17.2 Å². The Bertz CT molecular complexity index is 1880. The van der Waals surface area contributed by atoms with Gasteiger partial charge in [0.2, 0.25) is 0 Å². The summed E-state index contributed by atoms with van der Waals surface area (Å²) in [6, 6.07) is 18.1. The van der Waals surface area contributed by atoms with E-state index >= 15 is 0 Å². The summed E-state index contributed by atoms with van der Waals surface area (Å²) in [5.74, 6) is 1.16. The van der Waals surface area contributed by atoms with Gasteiger partial charge >= 0.3 is 5.97 Å². The predicted molar refractivity (Wildman–Crippen MR) is 173 cm³/mol. The Morgan fingerprint density at radius 1 is 1.05 bits per heavy atom. The summed E-state index contributed by atoms with van der Waals surface area (Å²) in [4.78, 5) is 32.4. The molecule has 1 aromatic heterocycles. The minimum Gasteiger partial charge on any atom is -0.497 e. The van der Waals surface area contributed by atoms with Gasteiger partial charge in [0.25, 0.3) is 5.56 Å². The fraction of sp³-hybridized carbons (Fsp3) is 0.219. The van der Waals surface area contributed by atoms with Crippen LogP contribution in [0.5, 0.6) is 17.2 Å². The molecule has 222 valence electrons. The molecule has 3 aromatic carbocycles. The number of thiazole rings is 1. The van der Waals surface area contributed by atoms with E-state index in [9.17, 15) is 9.59 Å². The standard InChI is InChI=1S/C32H28Br2N2O6S/c1-5-41-31(38)27-18(2)35-32-36(28(27)22-16-21(39-3)11-12-25(22)40-4)30(37)26(43-32)15-20-13-23(33)29(24(34)14-20)42-17-19-9-7-6-8-10-19/h6-16,28H,5,17H2,1-4H3/b26-15-/t28-/m1/s1. The van der Waals surface area contributed by atoms with Gasteiger partial charge in [0, 0.05) is 5.56 Å². The van der Waals surface area contributed by atoms with Crippen LogP contribution in [0.1, 0.15) is 36.6 Å². The number of carbonyl (C=O) groups is 1. The molecular formula is C32H28Br2N2O6S. The molecule has 0 radical (unpaired) electrons. The van der Waals surface area contributed by atoms with Gasteiger partial charge in [-0.15, -0.1) is 0 Å². The first kappa shape index (κ1) is 30.8. The Labute approximate surface area is 269 Å². The Morgan fingerprint density at radius 3 is 2.42 bits per heavy atom. The predicted octanol–water partition coefficient (Wildman–Crippen LogP) is 5.92. The van der Waals surface area contributed by atoms with Crippen LogP contribution in [0.2, 0.25) is 0 Å². The van der Waals surface area contributed by atoms with E-state index in [-0.39, 0.29) is 17.7 Å². The van der Waals surface area contributed by atoms with Gasteiger partial charge in [-0.05, 0) is 93.2 Å². The van der Waals surface area contributed by atoms with Gasteiger partial charge in [-0.1, -0.05) is 41.7 Å². The first-order valence-corrected chi connectivity index (χ1v) is 15.7. The third kappa shape index (κ3) is 6.34. The van der Waals surface area contributed by atoms with Crippen LogP contribution < -0.4 is 29.1 Å². The van der Waals surface area contributed by atoms with Crippen LogP contribution >= 0.6 is 43.2 Å². The molecule has 1 atom stereocenters. The van der Waals surface area contributed by atoms with Crippen LogP contribution in [0.25, 0.3) is 6.08 Å². The number of aromatic nitrogens is 1. The summed E-state index contributed by atoms with van der Waals surface area (Å²) in [7, 11) is 3.09. The van der Waals surface area contributed by atoms with Gasteiger partial charge in [0.15, 0.2) is 4.80 Å². The molecule has 1 aliphatic rings. The lowest BCUT2D eigenvalue weighted by molar-refractivity contribution is -0.139. The molecule has 1 aliphatic heterocycles. The van der Waals surface area contributed by atoms with Crippen molar-refractivity contribution in [2.75, 3.05) is 20.8 Å². The van der Waals surface area contributed by atoms with Gasteiger partial charge in [-0.3, -0.25) is 9.36 Å². The van der Waals surface area contributed by atoms with Gasteiger partial charge in [0.05, 0.1) is 45.6 Å². The summed E-state index contributed by atoms with van der Waals surface area (Å²) in [6.45, 7) is 4.06. The van der Waals surface area contributed by atoms with E-state index < -0.39 is 12.0 Å². The van der Waals surface area contributed by atoms with E-state index in [1.807, 2.05) is 42.5 Å². The number of hydrogen-bond donors (Lipinski definition) is 0. The van der Waals surface area contributed by atoms with Crippen LogP contribution in [0.15, 0.2) is 90.7 Å². The largest absolute Gasteiger partial charge is 0.497 e. The molecule has 0 saturated carbocycles. The van der Waals surface area contributed by atoms with E-state index in [1.165, 1.54) is 15.9 Å². The number of carbonyl (C=O) groups excluding carboxylic acids is 1. The molecule has 0 N–H and O–H groups in total. The fourth-order valence-corrected chi connectivity index (χ4v) is 7.32. The highest BCUT2D eigenvalue weighted by molar-refractivity contribution is 9.11. The molecule has 0 fully saturated rings. The Morgan fingerprint density at radius 2 is 1.77 bits per heavy atom. The molecule has 8 nitrogen and oxygen atoms in total. The van der Waals surface area contributed by atoms with Crippen LogP contribution in [0.3, 0.4) is 0 Å². The Kier molecular flexibility index (Phi) is 9.53. The molecular weight excluding hydrogens is 700 g/mol. The van der Waals surface area contributed by atoms with E-state index in [0.29, 0.717) is 44.4 Å². The zero-order chi connectivity index (χ0) is 30.7. The first-order chi connectivity index (χ1) is 20.7. The molecule has 5 rings (SSSR count). The number of benzene rings is 3. The summed E-state index contributed by atoms with van der Waals surface area (Å²) < 4.78 is 26.0. The van der Waals surface area contributed by atoms with Crippen molar-refractivity contribution in [3.05, 3.63) is 117 Å². The second-order valence-corrected chi connectivity index (χ2v) is 12.2. The number of hydrogen-bond acceptors (Lipinski definition) is 8. The number of allylic oxidation sites excluding steroid dienone is 1. The highest BCUT2D eigenvalue weighted by Gasteiger charge is 2.35. The van der Waals surface area contributed by atoms with Crippen LogP contribution in [-0.2, 0) is 16.1 Å². The van der Waals surface area contributed by atoms with Gasteiger partial charge in [-0.25, -0.2) is 9.79 Å². The average molecular weight is 728 g/mol. The lowest BCUT2D eigenvalue weighted by atomic mass is 9.94. The van der Waals surface area contributed by atoms with Crippen molar-refractivity contribution in [2.24, 2.45) is 4.99 Å². The molecule has 4 aromatic rings. The van der Waals surface area contributed by atoms with Gasteiger partial charge in [-0.2, -0.15) is 0 Å². The molecule has 0 aliphatic carbocycles. The Balaban J connectivity index is 1.62. The number of nitrogens with zero attached hydrogens (tertiary/aromatic N) is 2. The van der Waals surface area contributed by atoms with Crippen LogP contribution in [0, 0.1) is 0 Å². The Hall–Kier alpha value is -3.67. The minimum atomic E-state index is -0.838. The zero-order valence-corrected chi connectivity index (χ0v) is 27.8. The van der Waals surface area contributed by atoms with Crippen molar-refractivity contribution in [1.82, 2.24) is 4.57 Å². The first-order valence-electron chi connectivity index (χ1n) is 13.3. The van der Waals surface area contributed by atoms with Crippen molar-refractivity contribution >= 4 is 55.2 Å². The van der Waals surface area contributed by atoms with Crippen molar-refractivity contribution in [2.45, 2.75) is 26.5 Å². The van der Waals surface area contributed by atoms with Crippen LogP contribution in [0.4, 0.5) is 0 Å². The average Bonchev–Trinajstić information content (AvgIpc) is 3.29. The van der Waals surface area contributed by atoms with E-state index in [2.05, 4.69) is 36.9 Å². The number of halogens is 2. The lowest BCUT2D eigenvalue weighted by Gasteiger charge is -2.26. The van der Waals surface area contributed by atoms with Crippen molar-refractivity contribution in [3.63, 3.8) is 0 Å². The third-order valence-electron chi connectivity index (χ3n) is 6.79. The highest BCUT2D eigenvalue weighted by Crippen LogP contribution is 2.38. The zero-order valence-electron chi connectivity index (χ0n) is 23.9. The second-order valence-electron chi connectivity index (χ2n) is 9.50. The van der Waals surface area contributed by atoms with E-state index in [0.717, 1.165) is 20.1 Å². The molecule has 0 unspecified atom stereocenters. The topological polar surface area (TPSA) is 88.4 Å². The lowest BCUT2D eigenvalue weighted by Crippen LogP contribution is -2.40. The summed E-state index contributed by atoms with van der Waals surface area (Å²) in [6.07, 6.45) is 1.80. The van der Waals surface area contributed by atoms with E-state index in [4.69, 9.17) is 18.9 Å². The normalized spacial score (nSPS) is 14.7. The number of ether oxygens (including phenoxy) is 4. The SMILES string of the molecule is CCOC(=O)C1=C(C)N=c2s/c(=C\c3cc(Br)c(OCc4ccccc4)c(Br)c3)c(=O)n2[C@@H]1c1cc(OC)ccc1OC. The number of fused-ring (bicyclic) bond motifs is 1. The molecule has 0 spiro atoms. The van der Waals surface area contributed by atoms with Gasteiger partial charge < -0.3 is 18.9 Å². The fourth-order valence-electron chi connectivity index (χ4n) is 4.82. The molecule has 0 saturated heterocycles. The van der Waals surface area contributed by atoms with Crippen LogP contribution in [-0.4, -0.2) is 31.4 Å². The maximum atomic E-state index is 14.1. The molecule has 11 heteroatoms. The second kappa shape index (κ2) is 13.3.